The highest BCUT2D eigenvalue weighted by atomic mass is 32.2. The van der Waals surface area contributed by atoms with Crippen molar-refractivity contribution in [3.63, 3.8) is 0 Å². The number of amides is 1. The second kappa shape index (κ2) is 6.12. The molecule has 1 amide bonds. The van der Waals surface area contributed by atoms with Gasteiger partial charge >= 0.3 is 0 Å². The lowest BCUT2D eigenvalue weighted by molar-refractivity contribution is 0.0802. The number of sulfonamides is 1. The van der Waals surface area contributed by atoms with Crippen molar-refractivity contribution < 1.29 is 21.6 Å². The van der Waals surface area contributed by atoms with Crippen LogP contribution in [0.3, 0.4) is 0 Å². The number of nitrogens with zero attached hydrogens (tertiary/aromatic N) is 1. The lowest BCUT2D eigenvalue weighted by Gasteiger charge is -2.18. The monoisotopic (exact) mass is 334 g/mol. The van der Waals surface area contributed by atoms with Crippen molar-refractivity contribution in [3.05, 3.63) is 29.3 Å². The summed E-state index contributed by atoms with van der Waals surface area (Å²) in [5.74, 6) is -0.513. The molecule has 118 valence electrons. The zero-order valence-electron chi connectivity index (χ0n) is 12.0. The second-order valence-corrected chi connectivity index (χ2v) is 8.70. The SMILES string of the molecule is Cc1cc(S(N)(=O)=O)ccc1C(=O)N(C)CCS(C)(=O)=O. The van der Waals surface area contributed by atoms with Crippen LogP contribution in [0, 0.1) is 6.92 Å². The Kier molecular flexibility index (Phi) is 5.13. The maximum atomic E-state index is 12.2. The molecule has 0 saturated heterocycles. The van der Waals surface area contributed by atoms with Crippen molar-refractivity contribution in [3.8, 4) is 0 Å². The average Bonchev–Trinajstić information content (AvgIpc) is 2.33. The van der Waals surface area contributed by atoms with E-state index in [1.165, 1.54) is 30.1 Å². The van der Waals surface area contributed by atoms with Gasteiger partial charge in [-0.3, -0.25) is 4.79 Å². The third-order valence-corrected chi connectivity index (χ3v) is 4.74. The molecule has 0 heterocycles. The van der Waals surface area contributed by atoms with Crippen molar-refractivity contribution >= 4 is 25.8 Å². The zero-order valence-corrected chi connectivity index (χ0v) is 13.7. The van der Waals surface area contributed by atoms with Crippen molar-refractivity contribution in [2.45, 2.75) is 11.8 Å². The van der Waals surface area contributed by atoms with Gasteiger partial charge in [0.15, 0.2) is 0 Å². The molecule has 1 aromatic rings. The lowest BCUT2D eigenvalue weighted by atomic mass is 10.1. The fraction of sp³-hybridized carbons (Fsp3) is 0.417. The summed E-state index contributed by atoms with van der Waals surface area (Å²) < 4.78 is 44.7. The Balaban J connectivity index is 2.98. The Morgan fingerprint density at radius 3 is 2.24 bits per heavy atom. The van der Waals surface area contributed by atoms with Crippen LogP contribution < -0.4 is 5.14 Å². The van der Waals surface area contributed by atoms with Gasteiger partial charge in [-0.05, 0) is 30.7 Å². The largest absolute Gasteiger partial charge is 0.341 e. The maximum Gasteiger partial charge on any atom is 0.253 e. The summed E-state index contributed by atoms with van der Waals surface area (Å²) in [6.45, 7) is 1.65. The van der Waals surface area contributed by atoms with E-state index in [2.05, 4.69) is 0 Å². The summed E-state index contributed by atoms with van der Waals surface area (Å²) >= 11 is 0. The molecule has 1 aromatic carbocycles. The average molecular weight is 334 g/mol. The Bertz CT molecular complexity index is 754. The second-order valence-electron chi connectivity index (χ2n) is 4.88. The number of aryl methyl sites for hydroxylation is 1. The van der Waals surface area contributed by atoms with E-state index in [9.17, 15) is 21.6 Å². The Hall–Kier alpha value is -1.45. The van der Waals surface area contributed by atoms with E-state index in [-0.39, 0.29) is 23.1 Å². The molecule has 0 aliphatic carbocycles. The molecular weight excluding hydrogens is 316 g/mol. The molecule has 0 bridgehead atoms. The Labute approximate surface area is 124 Å². The molecule has 0 unspecified atom stereocenters. The van der Waals surface area contributed by atoms with Gasteiger partial charge in [0, 0.05) is 25.4 Å². The first-order chi connectivity index (χ1) is 9.42. The van der Waals surface area contributed by atoms with E-state index in [1.54, 1.807) is 6.92 Å². The summed E-state index contributed by atoms with van der Waals surface area (Å²) in [6, 6.07) is 3.93. The number of nitrogens with two attached hydrogens (primary N) is 1. The molecular formula is C12H18N2O5S2. The van der Waals surface area contributed by atoms with Gasteiger partial charge in [-0.1, -0.05) is 0 Å². The molecule has 0 aliphatic rings. The van der Waals surface area contributed by atoms with Gasteiger partial charge in [0.25, 0.3) is 5.91 Å². The van der Waals surface area contributed by atoms with E-state index in [0.29, 0.717) is 11.1 Å². The summed E-state index contributed by atoms with van der Waals surface area (Å²) in [5, 5.41) is 5.02. The van der Waals surface area contributed by atoms with E-state index >= 15 is 0 Å². The third kappa shape index (κ3) is 5.10. The molecule has 7 nitrogen and oxygen atoms in total. The van der Waals surface area contributed by atoms with Crippen molar-refractivity contribution in [2.75, 3.05) is 25.6 Å². The minimum Gasteiger partial charge on any atom is -0.341 e. The van der Waals surface area contributed by atoms with Gasteiger partial charge < -0.3 is 4.90 Å². The van der Waals surface area contributed by atoms with Crippen molar-refractivity contribution in [1.82, 2.24) is 4.90 Å². The Morgan fingerprint density at radius 2 is 1.81 bits per heavy atom. The smallest absolute Gasteiger partial charge is 0.253 e. The summed E-state index contributed by atoms with van der Waals surface area (Å²) in [7, 11) is -5.50. The molecule has 0 aromatic heterocycles. The molecule has 0 aliphatic heterocycles. The summed E-state index contributed by atoms with van der Waals surface area (Å²) in [6.07, 6.45) is 1.09. The van der Waals surface area contributed by atoms with Gasteiger partial charge in [0.1, 0.15) is 9.84 Å². The number of hydrogen-bond acceptors (Lipinski definition) is 5. The standard InChI is InChI=1S/C12H18N2O5S2/c1-9-8-10(21(13,18)19)4-5-11(9)12(15)14(2)6-7-20(3,16)17/h4-5,8H,6-7H2,1-3H3,(H2,13,18,19). The number of carbonyl (C=O) groups excluding carboxylic acids is 1. The van der Waals surface area contributed by atoms with Crippen molar-refractivity contribution in [1.29, 1.82) is 0 Å². The number of primary sulfonamides is 1. The molecule has 0 spiro atoms. The van der Waals surface area contributed by atoms with E-state index in [0.717, 1.165) is 6.26 Å². The molecule has 0 saturated carbocycles. The zero-order chi connectivity index (χ0) is 16.4. The molecule has 0 fully saturated rings. The van der Waals surface area contributed by atoms with Crippen LogP contribution in [-0.2, 0) is 19.9 Å². The van der Waals surface area contributed by atoms with E-state index < -0.39 is 19.9 Å². The first kappa shape index (κ1) is 17.6. The van der Waals surface area contributed by atoms with Crippen LogP contribution >= 0.6 is 0 Å². The highest BCUT2D eigenvalue weighted by Gasteiger charge is 2.17. The molecule has 9 heteroatoms. The molecule has 2 N–H and O–H groups in total. The number of hydrogen-bond donors (Lipinski definition) is 1. The predicted molar refractivity (Wildman–Crippen MR) is 79.2 cm³/mol. The number of rotatable bonds is 5. The van der Waals surface area contributed by atoms with Crippen LogP contribution in [0.25, 0.3) is 0 Å². The maximum absolute atomic E-state index is 12.2. The van der Waals surface area contributed by atoms with Gasteiger partial charge in [0.2, 0.25) is 10.0 Å². The van der Waals surface area contributed by atoms with Gasteiger partial charge in [-0.2, -0.15) is 0 Å². The van der Waals surface area contributed by atoms with Crippen LogP contribution in [0.4, 0.5) is 0 Å². The number of benzene rings is 1. The minimum atomic E-state index is -3.82. The van der Waals surface area contributed by atoms with E-state index in [4.69, 9.17) is 5.14 Å². The van der Waals surface area contributed by atoms with Crippen molar-refractivity contribution in [2.24, 2.45) is 5.14 Å². The first-order valence-corrected chi connectivity index (χ1v) is 9.59. The van der Waals surface area contributed by atoms with Gasteiger partial charge in [-0.15, -0.1) is 0 Å². The lowest BCUT2D eigenvalue weighted by Crippen LogP contribution is -2.32. The normalized spacial score (nSPS) is 12.2. The van der Waals surface area contributed by atoms with Crippen LogP contribution in [0.15, 0.2) is 23.1 Å². The van der Waals surface area contributed by atoms with Crippen LogP contribution in [0.1, 0.15) is 15.9 Å². The number of carbonyl (C=O) groups is 1. The molecule has 0 atom stereocenters. The van der Waals surface area contributed by atoms with E-state index in [1.807, 2.05) is 0 Å². The summed E-state index contributed by atoms with van der Waals surface area (Å²) in [5.41, 5.74) is 0.760. The molecule has 21 heavy (non-hydrogen) atoms. The summed E-state index contributed by atoms with van der Waals surface area (Å²) in [4.78, 5) is 13.4. The highest BCUT2D eigenvalue weighted by molar-refractivity contribution is 7.90. The molecule has 1 rings (SSSR count). The minimum absolute atomic E-state index is 0.0635. The topological polar surface area (TPSA) is 115 Å². The van der Waals surface area contributed by atoms with Crippen LogP contribution in [0.5, 0.6) is 0 Å². The van der Waals surface area contributed by atoms with Crippen LogP contribution in [0.2, 0.25) is 0 Å². The Morgan fingerprint density at radius 1 is 1.24 bits per heavy atom. The third-order valence-electron chi connectivity index (χ3n) is 2.90. The predicted octanol–water partition coefficient (Wildman–Crippen LogP) is -0.241. The van der Waals surface area contributed by atoms with Gasteiger partial charge in [-0.25, -0.2) is 22.0 Å². The first-order valence-electron chi connectivity index (χ1n) is 5.98. The fourth-order valence-electron chi connectivity index (χ4n) is 1.66. The van der Waals surface area contributed by atoms with Gasteiger partial charge in [0.05, 0.1) is 10.6 Å². The highest BCUT2D eigenvalue weighted by Crippen LogP contribution is 2.16. The fourth-order valence-corrected chi connectivity index (χ4v) is 2.87. The quantitative estimate of drug-likeness (QED) is 0.798. The van der Waals surface area contributed by atoms with Crippen LogP contribution in [-0.4, -0.2) is 53.2 Å². The number of sulfone groups is 1. The molecule has 0 radical (unpaired) electrons.